The fraction of sp³-hybridized carbons (Fsp3) is 0.265. The molecule has 1 heterocycles. The van der Waals surface area contributed by atoms with E-state index in [1.54, 1.807) is 0 Å². The smallest absolute Gasteiger partial charge is 0.131 e. The highest BCUT2D eigenvalue weighted by atomic mass is 16.5. The summed E-state index contributed by atoms with van der Waals surface area (Å²) in [5, 5.41) is 0. The lowest BCUT2D eigenvalue weighted by atomic mass is 9.42. The van der Waals surface area contributed by atoms with Gasteiger partial charge in [-0.3, -0.25) is 0 Å². The monoisotopic (exact) mass is 661 g/mol. The van der Waals surface area contributed by atoms with Gasteiger partial charge in [-0.25, -0.2) is 0 Å². The van der Waals surface area contributed by atoms with E-state index in [4.69, 9.17) is 4.74 Å². The van der Waals surface area contributed by atoms with Gasteiger partial charge in [-0.15, -0.1) is 0 Å². The van der Waals surface area contributed by atoms with Gasteiger partial charge in [0.15, 0.2) is 0 Å². The zero-order valence-electron chi connectivity index (χ0n) is 29.5. The standard InChI is InChI=1S/C49H43NO/c1-48(2)41-16-8-6-15-39(41)40-22-20-36(29-43(40)48)50(45-18-10-7-14-38(45)33-12-4-3-5-13-33)37-21-23-47-44(30-37)49(42-17-9-11-19-46(42)51-47)34-25-31-24-32(27-34)28-35(49)26-31/h3-23,29-32,34-35H,24-28H2,1-2H3. The van der Waals surface area contributed by atoms with Crippen LogP contribution >= 0.6 is 0 Å². The largest absolute Gasteiger partial charge is 0.457 e. The first-order valence-corrected chi connectivity index (χ1v) is 19.1. The normalized spacial score (nSPS) is 25.5. The van der Waals surface area contributed by atoms with Crippen molar-refractivity contribution in [1.29, 1.82) is 0 Å². The Morgan fingerprint density at radius 3 is 1.82 bits per heavy atom. The number of nitrogens with zero attached hydrogens (tertiary/aromatic N) is 1. The van der Waals surface area contributed by atoms with Crippen molar-refractivity contribution in [3.63, 3.8) is 0 Å². The molecule has 6 aromatic rings. The van der Waals surface area contributed by atoms with E-state index in [-0.39, 0.29) is 10.8 Å². The molecule has 4 bridgehead atoms. The van der Waals surface area contributed by atoms with Crippen LogP contribution in [-0.2, 0) is 10.8 Å². The van der Waals surface area contributed by atoms with E-state index in [0.717, 1.165) is 23.3 Å². The first kappa shape index (κ1) is 29.6. The molecule has 6 aromatic carbocycles. The van der Waals surface area contributed by atoms with Gasteiger partial charge in [0.2, 0.25) is 0 Å². The van der Waals surface area contributed by atoms with E-state index in [9.17, 15) is 0 Å². The van der Waals surface area contributed by atoms with Crippen molar-refractivity contribution in [3.8, 4) is 33.8 Å². The number of para-hydroxylation sites is 2. The number of anilines is 3. The van der Waals surface area contributed by atoms with Crippen molar-refractivity contribution in [3.05, 3.63) is 162 Å². The summed E-state index contributed by atoms with van der Waals surface area (Å²) in [6.45, 7) is 4.76. The molecular formula is C49H43NO. The van der Waals surface area contributed by atoms with Crippen molar-refractivity contribution in [2.45, 2.75) is 56.8 Å². The van der Waals surface area contributed by atoms with Crippen LogP contribution in [0.15, 0.2) is 140 Å². The van der Waals surface area contributed by atoms with Crippen LogP contribution < -0.4 is 9.64 Å². The topological polar surface area (TPSA) is 12.5 Å². The van der Waals surface area contributed by atoms with Gasteiger partial charge in [0.05, 0.1) is 5.69 Å². The zero-order chi connectivity index (χ0) is 33.9. The average molecular weight is 662 g/mol. The molecule has 6 aliphatic rings. The summed E-state index contributed by atoms with van der Waals surface area (Å²) < 4.78 is 6.85. The number of ether oxygens (including phenoxy) is 1. The third kappa shape index (κ3) is 4.11. The van der Waals surface area contributed by atoms with E-state index in [0.29, 0.717) is 11.8 Å². The van der Waals surface area contributed by atoms with Crippen molar-refractivity contribution >= 4 is 17.1 Å². The summed E-state index contributed by atoms with van der Waals surface area (Å²) in [4.78, 5) is 2.53. The van der Waals surface area contributed by atoms with Crippen molar-refractivity contribution in [1.82, 2.24) is 0 Å². The Kier molecular flexibility index (Phi) is 6.23. The first-order chi connectivity index (χ1) is 25.0. The van der Waals surface area contributed by atoms with E-state index >= 15 is 0 Å². The fourth-order valence-corrected chi connectivity index (χ4v) is 11.8. The molecule has 1 spiro atoms. The summed E-state index contributed by atoms with van der Waals surface area (Å²) in [6.07, 6.45) is 6.80. The average Bonchev–Trinajstić information content (AvgIpc) is 3.39. The summed E-state index contributed by atoms with van der Waals surface area (Å²) in [7, 11) is 0. The molecule has 5 aliphatic carbocycles. The fourth-order valence-electron chi connectivity index (χ4n) is 11.8. The van der Waals surface area contributed by atoms with Gasteiger partial charge in [0, 0.05) is 38.9 Å². The lowest BCUT2D eigenvalue weighted by Crippen LogP contribution is -2.57. The highest BCUT2D eigenvalue weighted by molar-refractivity contribution is 5.91. The maximum absolute atomic E-state index is 6.85. The molecule has 0 N–H and O–H groups in total. The van der Waals surface area contributed by atoms with Crippen molar-refractivity contribution in [2.24, 2.45) is 23.7 Å². The van der Waals surface area contributed by atoms with Gasteiger partial charge >= 0.3 is 0 Å². The van der Waals surface area contributed by atoms with Crippen LogP contribution in [0.5, 0.6) is 11.5 Å². The zero-order valence-corrected chi connectivity index (χ0v) is 29.5. The first-order valence-electron chi connectivity index (χ1n) is 19.1. The van der Waals surface area contributed by atoms with Crippen molar-refractivity contribution in [2.75, 3.05) is 4.90 Å². The van der Waals surface area contributed by atoms with Crippen molar-refractivity contribution < 1.29 is 4.74 Å². The maximum atomic E-state index is 6.85. The second-order valence-corrected chi connectivity index (χ2v) is 16.6. The molecule has 51 heavy (non-hydrogen) atoms. The molecule has 2 nitrogen and oxygen atoms in total. The number of hydrogen-bond donors (Lipinski definition) is 0. The number of fused-ring (bicyclic) bond motifs is 5. The molecule has 0 unspecified atom stereocenters. The van der Waals surface area contributed by atoms with Crippen LogP contribution in [0.3, 0.4) is 0 Å². The molecule has 2 heteroatoms. The summed E-state index contributed by atoms with van der Waals surface area (Å²) >= 11 is 0. The number of rotatable bonds is 4. The van der Waals surface area contributed by atoms with E-state index < -0.39 is 0 Å². The summed E-state index contributed by atoms with van der Waals surface area (Å²) in [5.74, 6) is 5.18. The molecule has 0 radical (unpaired) electrons. The van der Waals surface area contributed by atoms with Crippen LogP contribution in [0.25, 0.3) is 22.3 Å². The Balaban J connectivity index is 1.15. The minimum Gasteiger partial charge on any atom is -0.457 e. The number of hydrogen-bond acceptors (Lipinski definition) is 2. The predicted molar refractivity (Wildman–Crippen MR) is 208 cm³/mol. The van der Waals surface area contributed by atoms with Gasteiger partial charge in [-0.1, -0.05) is 111 Å². The Labute approximate surface area is 301 Å². The van der Waals surface area contributed by atoms with Crippen LogP contribution in [0.4, 0.5) is 17.1 Å². The van der Waals surface area contributed by atoms with Crippen LogP contribution in [0, 0.1) is 23.7 Å². The Bertz CT molecular complexity index is 2320. The second-order valence-electron chi connectivity index (χ2n) is 16.6. The third-order valence-electron chi connectivity index (χ3n) is 13.7. The molecule has 4 fully saturated rings. The van der Waals surface area contributed by atoms with E-state index in [2.05, 4.69) is 158 Å². The minimum absolute atomic E-state index is 0.0141. The highest BCUT2D eigenvalue weighted by Crippen LogP contribution is 2.69. The summed E-state index contributed by atoms with van der Waals surface area (Å²) in [6, 6.07) is 52.1. The van der Waals surface area contributed by atoms with Gasteiger partial charge in [-0.05, 0) is 126 Å². The molecular weight excluding hydrogens is 619 g/mol. The van der Waals surface area contributed by atoms with Crippen LogP contribution in [0.1, 0.15) is 68.2 Å². The molecule has 4 saturated carbocycles. The quantitative estimate of drug-likeness (QED) is 0.186. The Morgan fingerprint density at radius 1 is 0.490 bits per heavy atom. The lowest BCUT2D eigenvalue weighted by molar-refractivity contribution is -0.0452. The maximum Gasteiger partial charge on any atom is 0.131 e. The van der Waals surface area contributed by atoms with Gasteiger partial charge in [0.1, 0.15) is 11.5 Å². The van der Waals surface area contributed by atoms with E-state index in [1.165, 1.54) is 93.7 Å². The van der Waals surface area contributed by atoms with Gasteiger partial charge in [0.25, 0.3) is 0 Å². The number of benzene rings is 6. The highest BCUT2D eigenvalue weighted by Gasteiger charge is 2.61. The molecule has 0 saturated heterocycles. The second kappa shape index (κ2) is 10.7. The minimum atomic E-state index is -0.0929. The van der Waals surface area contributed by atoms with Gasteiger partial charge in [-0.2, -0.15) is 0 Å². The molecule has 0 aromatic heterocycles. The van der Waals surface area contributed by atoms with Crippen LogP contribution in [0.2, 0.25) is 0 Å². The summed E-state index contributed by atoms with van der Waals surface area (Å²) in [5.41, 5.74) is 14.2. The van der Waals surface area contributed by atoms with E-state index in [1.807, 2.05) is 0 Å². The third-order valence-corrected chi connectivity index (χ3v) is 13.7. The Hall–Kier alpha value is -5.08. The molecule has 12 rings (SSSR count). The van der Waals surface area contributed by atoms with Gasteiger partial charge < -0.3 is 9.64 Å². The van der Waals surface area contributed by atoms with Crippen LogP contribution in [-0.4, -0.2) is 0 Å². The molecule has 0 atom stereocenters. The predicted octanol–water partition coefficient (Wildman–Crippen LogP) is 13.0. The Morgan fingerprint density at radius 2 is 1.06 bits per heavy atom. The molecule has 0 amide bonds. The molecule has 250 valence electrons. The lowest BCUT2D eigenvalue weighted by Gasteiger charge is -2.63. The molecule has 1 aliphatic heterocycles. The SMILES string of the molecule is CC1(C)c2ccccc2-c2ccc(N(c3ccc4c(c3)C3(c5ccccc5O4)C4CC5CC(C4)CC3C5)c3ccccc3-c3ccccc3)cc21.